The molecular weight excluding hydrogens is 434 g/mol. The van der Waals surface area contributed by atoms with Crippen molar-refractivity contribution in [3.05, 3.63) is 71.9 Å². The van der Waals surface area contributed by atoms with Gasteiger partial charge >= 0.3 is 6.03 Å². The molecular formula is C23H20F2N4O4. The highest BCUT2D eigenvalue weighted by Gasteiger charge is 2.22. The molecule has 0 spiro atoms. The molecule has 1 fully saturated rings. The predicted molar refractivity (Wildman–Crippen MR) is 118 cm³/mol. The highest BCUT2D eigenvalue weighted by Crippen LogP contribution is 2.29. The Morgan fingerprint density at radius 3 is 2.39 bits per heavy atom. The van der Waals surface area contributed by atoms with Crippen molar-refractivity contribution in [1.29, 1.82) is 0 Å². The second kappa shape index (κ2) is 9.61. The number of anilines is 3. The van der Waals surface area contributed by atoms with E-state index in [0.29, 0.717) is 19.0 Å². The van der Waals surface area contributed by atoms with Crippen LogP contribution >= 0.6 is 0 Å². The molecule has 1 aliphatic heterocycles. The lowest BCUT2D eigenvalue weighted by molar-refractivity contribution is -0.114. The summed E-state index contributed by atoms with van der Waals surface area (Å²) in [4.78, 5) is 27.4. The molecule has 3 aromatic rings. The summed E-state index contributed by atoms with van der Waals surface area (Å²) in [7, 11) is 0. The molecule has 3 amide bonds. The summed E-state index contributed by atoms with van der Waals surface area (Å²) in [5.74, 6) is -0.693. The van der Waals surface area contributed by atoms with Gasteiger partial charge in [0.15, 0.2) is 0 Å². The Hall–Kier alpha value is -4.05. The first-order valence-corrected chi connectivity index (χ1v) is 10.0. The zero-order chi connectivity index (χ0) is 23.4. The molecule has 4 rings (SSSR count). The maximum absolute atomic E-state index is 14.5. The third-order valence-corrected chi connectivity index (χ3v) is 4.81. The fourth-order valence-electron chi connectivity index (χ4n) is 3.12. The second-order valence-corrected chi connectivity index (χ2v) is 7.35. The first-order chi connectivity index (χ1) is 15.9. The quantitative estimate of drug-likeness (QED) is 0.493. The van der Waals surface area contributed by atoms with Crippen LogP contribution in [-0.4, -0.2) is 30.1 Å². The summed E-state index contributed by atoms with van der Waals surface area (Å²) < 4.78 is 39.3. The van der Waals surface area contributed by atoms with Gasteiger partial charge in [-0.3, -0.25) is 4.79 Å². The average molecular weight is 454 g/mol. The molecule has 2 heterocycles. The van der Waals surface area contributed by atoms with Gasteiger partial charge in [0.2, 0.25) is 5.91 Å². The van der Waals surface area contributed by atoms with Gasteiger partial charge in [0.25, 0.3) is 0 Å². The van der Waals surface area contributed by atoms with Crippen LogP contribution in [0.25, 0.3) is 0 Å². The molecule has 0 bridgehead atoms. The second-order valence-electron chi connectivity index (χ2n) is 7.35. The number of ether oxygens (including phenoxy) is 2. The van der Waals surface area contributed by atoms with Crippen LogP contribution in [-0.2, 0) is 9.53 Å². The summed E-state index contributed by atoms with van der Waals surface area (Å²) in [5.41, 5.74) is 0.728. The van der Waals surface area contributed by atoms with Gasteiger partial charge in [-0.15, -0.1) is 0 Å². The minimum Gasteiger partial charge on any atom is -0.457 e. The summed E-state index contributed by atoms with van der Waals surface area (Å²) in [6, 6.07) is 10.5. The van der Waals surface area contributed by atoms with Crippen molar-refractivity contribution < 1.29 is 27.8 Å². The van der Waals surface area contributed by atoms with E-state index in [1.807, 2.05) is 0 Å². The topological polar surface area (TPSA) is 102 Å². The SMILES string of the molecule is CC(=O)Nc1cc(Oc2ccc(NC(=O)Nc3cc(C4COC4)ccc3F)c(F)c2)ccn1. The van der Waals surface area contributed by atoms with Crippen LogP contribution in [0, 0.1) is 11.6 Å². The fraction of sp³-hybridized carbons (Fsp3) is 0.174. The van der Waals surface area contributed by atoms with Crippen LogP contribution < -0.4 is 20.7 Å². The van der Waals surface area contributed by atoms with Crippen LogP contribution in [0.15, 0.2) is 54.7 Å². The predicted octanol–water partition coefficient (Wildman–Crippen LogP) is 4.87. The minimum absolute atomic E-state index is 0.00933. The number of aromatic nitrogens is 1. The average Bonchev–Trinajstić information content (AvgIpc) is 2.71. The molecule has 8 nitrogen and oxygen atoms in total. The van der Waals surface area contributed by atoms with E-state index in [-0.39, 0.29) is 34.8 Å². The molecule has 0 aliphatic carbocycles. The normalized spacial score (nSPS) is 13.1. The number of benzene rings is 2. The van der Waals surface area contributed by atoms with Crippen molar-refractivity contribution in [2.45, 2.75) is 12.8 Å². The molecule has 10 heteroatoms. The van der Waals surface area contributed by atoms with Crippen LogP contribution in [0.3, 0.4) is 0 Å². The Balaban J connectivity index is 1.40. The molecule has 0 atom stereocenters. The van der Waals surface area contributed by atoms with E-state index in [2.05, 4.69) is 20.9 Å². The summed E-state index contributed by atoms with van der Waals surface area (Å²) in [5, 5.41) is 7.28. The monoisotopic (exact) mass is 454 g/mol. The first-order valence-electron chi connectivity index (χ1n) is 10.0. The lowest BCUT2D eigenvalue weighted by Gasteiger charge is -2.26. The van der Waals surface area contributed by atoms with Gasteiger partial charge in [0, 0.05) is 31.2 Å². The summed E-state index contributed by atoms with van der Waals surface area (Å²) in [6.07, 6.45) is 1.43. The molecule has 2 aromatic carbocycles. The molecule has 3 N–H and O–H groups in total. The zero-order valence-electron chi connectivity index (χ0n) is 17.5. The Bertz CT molecular complexity index is 1200. The van der Waals surface area contributed by atoms with Gasteiger partial charge in [0.05, 0.1) is 24.6 Å². The van der Waals surface area contributed by atoms with E-state index in [1.54, 1.807) is 18.2 Å². The molecule has 0 unspecified atom stereocenters. The highest BCUT2D eigenvalue weighted by atomic mass is 19.1. The number of hydrogen-bond acceptors (Lipinski definition) is 5. The van der Waals surface area contributed by atoms with Crippen molar-refractivity contribution in [3.8, 4) is 11.5 Å². The smallest absolute Gasteiger partial charge is 0.323 e. The van der Waals surface area contributed by atoms with Crippen LogP contribution in [0.5, 0.6) is 11.5 Å². The first kappa shape index (κ1) is 22.2. The number of urea groups is 1. The number of halogens is 2. The van der Waals surface area contributed by atoms with Gasteiger partial charge in [0.1, 0.15) is 29.0 Å². The van der Waals surface area contributed by atoms with Crippen LogP contribution in [0.4, 0.5) is 30.8 Å². The number of carbonyl (C=O) groups is 2. The van der Waals surface area contributed by atoms with E-state index in [9.17, 15) is 18.4 Å². The van der Waals surface area contributed by atoms with Gasteiger partial charge < -0.3 is 25.4 Å². The maximum Gasteiger partial charge on any atom is 0.323 e. The number of amides is 3. The number of carbonyl (C=O) groups excluding carboxylic acids is 2. The molecule has 1 aliphatic rings. The summed E-state index contributed by atoms with van der Waals surface area (Å²) >= 11 is 0. The van der Waals surface area contributed by atoms with Crippen molar-refractivity contribution in [1.82, 2.24) is 4.98 Å². The van der Waals surface area contributed by atoms with Gasteiger partial charge in [-0.05, 0) is 35.9 Å². The molecule has 1 saturated heterocycles. The van der Waals surface area contributed by atoms with Crippen molar-refractivity contribution in [2.24, 2.45) is 0 Å². The molecule has 1 aromatic heterocycles. The fourth-order valence-corrected chi connectivity index (χ4v) is 3.12. The van der Waals surface area contributed by atoms with Gasteiger partial charge in [-0.25, -0.2) is 18.6 Å². The Morgan fingerprint density at radius 1 is 0.939 bits per heavy atom. The molecule has 0 saturated carbocycles. The Kier molecular flexibility index (Phi) is 6.45. The largest absolute Gasteiger partial charge is 0.457 e. The van der Waals surface area contributed by atoms with Gasteiger partial charge in [-0.2, -0.15) is 0 Å². The van der Waals surface area contributed by atoms with Crippen molar-refractivity contribution in [2.75, 3.05) is 29.2 Å². The zero-order valence-corrected chi connectivity index (χ0v) is 17.5. The van der Waals surface area contributed by atoms with Gasteiger partial charge in [-0.1, -0.05) is 6.07 Å². The van der Waals surface area contributed by atoms with Crippen molar-refractivity contribution >= 4 is 29.1 Å². The third kappa shape index (κ3) is 5.60. The van der Waals surface area contributed by atoms with Crippen molar-refractivity contribution in [3.63, 3.8) is 0 Å². The maximum atomic E-state index is 14.5. The Morgan fingerprint density at radius 2 is 1.70 bits per heavy atom. The highest BCUT2D eigenvalue weighted by molar-refractivity contribution is 6.00. The van der Waals surface area contributed by atoms with E-state index in [0.717, 1.165) is 11.6 Å². The molecule has 170 valence electrons. The van der Waals surface area contributed by atoms with Crippen LogP contribution in [0.2, 0.25) is 0 Å². The van der Waals surface area contributed by atoms with E-state index in [4.69, 9.17) is 9.47 Å². The summed E-state index contributed by atoms with van der Waals surface area (Å²) in [6.45, 7) is 2.44. The minimum atomic E-state index is -0.794. The van der Waals surface area contributed by atoms with E-state index >= 15 is 0 Å². The number of rotatable bonds is 6. The number of nitrogens with zero attached hydrogens (tertiary/aromatic N) is 1. The number of nitrogens with one attached hydrogen (secondary N) is 3. The van der Waals surface area contributed by atoms with Crippen LogP contribution in [0.1, 0.15) is 18.4 Å². The number of hydrogen-bond donors (Lipinski definition) is 3. The lowest BCUT2D eigenvalue weighted by Crippen LogP contribution is -2.25. The van der Waals surface area contributed by atoms with E-state index in [1.165, 1.54) is 37.4 Å². The third-order valence-electron chi connectivity index (χ3n) is 4.81. The number of pyridine rings is 1. The standard InChI is InChI=1S/C23H20F2N4O4/c1-13(30)27-22-10-17(6-7-26-22)33-16-3-5-20(19(25)9-16)28-23(31)29-21-8-14(2-4-18(21)24)15-11-32-12-15/h2-10,15H,11-12H2,1H3,(H,26,27,30)(H2,28,29,31). The Labute approximate surface area is 187 Å². The lowest BCUT2D eigenvalue weighted by atomic mass is 9.97. The molecule has 0 radical (unpaired) electrons. The van der Waals surface area contributed by atoms with E-state index < -0.39 is 17.7 Å². The molecule has 33 heavy (non-hydrogen) atoms.